The molecule has 2 heterocycles. The minimum Gasteiger partial charge on any atom is -0.492 e. The molecule has 0 unspecified atom stereocenters. The van der Waals surface area contributed by atoms with E-state index in [1.165, 1.54) is 6.20 Å². The summed E-state index contributed by atoms with van der Waals surface area (Å²) in [7, 11) is 0. The molecule has 16 heavy (non-hydrogen) atoms. The van der Waals surface area contributed by atoms with Crippen molar-refractivity contribution < 1.29 is 5.11 Å². The summed E-state index contributed by atoms with van der Waals surface area (Å²) in [5.41, 5.74) is 1.68. The minimum absolute atomic E-state index is 0.122. The van der Waals surface area contributed by atoms with Crippen LogP contribution in [0.5, 0.6) is 5.88 Å². The number of aromatic nitrogens is 3. The van der Waals surface area contributed by atoms with E-state index in [0.717, 1.165) is 11.4 Å². The lowest BCUT2D eigenvalue weighted by Crippen LogP contribution is -1.97. The summed E-state index contributed by atoms with van der Waals surface area (Å²) in [5, 5.41) is 12.4. The van der Waals surface area contributed by atoms with E-state index < -0.39 is 0 Å². The van der Waals surface area contributed by atoms with E-state index in [0.29, 0.717) is 0 Å². The molecule has 82 valence electrons. The third-order valence-electron chi connectivity index (χ3n) is 1.88. The molecule has 0 radical (unpaired) electrons. The van der Waals surface area contributed by atoms with Crippen LogP contribution in [-0.4, -0.2) is 20.1 Å². The van der Waals surface area contributed by atoms with Crippen LogP contribution >= 0.6 is 11.6 Å². The number of nitrogens with one attached hydrogen (secondary N) is 1. The van der Waals surface area contributed by atoms with Gasteiger partial charge in [-0.3, -0.25) is 4.98 Å². The fraction of sp³-hybridized carbons (Fsp3) is 0.100. The van der Waals surface area contributed by atoms with Gasteiger partial charge in [-0.2, -0.15) is 4.98 Å². The SMILES string of the molecule is Cc1cc(Nc2ncc(Cl)c(O)n2)ccn1. The highest BCUT2D eigenvalue weighted by atomic mass is 35.5. The maximum Gasteiger partial charge on any atom is 0.235 e. The van der Waals surface area contributed by atoms with Crippen LogP contribution in [0.1, 0.15) is 5.69 Å². The highest BCUT2D eigenvalue weighted by molar-refractivity contribution is 6.31. The average Bonchev–Trinajstić information content (AvgIpc) is 2.24. The molecule has 0 aliphatic heterocycles. The summed E-state index contributed by atoms with van der Waals surface area (Å²) in [5.74, 6) is 0.0393. The summed E-state index contributed by atoms with van der Waals surface area (Å²) in [6, 6.07) is 3.62. The number of aryl methyl sites for hydroxylation is 1. The number of hydrogen-bond acceptors (Lipinski definition) is 5. The van der Waals surface area contributed by atoms with Gasteiger partial charge < -0.3 is 10.4 Å². The van der Waals surface area contributed by atoms with Gasteiger partial charge in [0.25, 0.3) is 0 Å². The lowest BCUT2D eigenvalue weighted by Gasteiger charge is -2.05. The lowest BCUT2D eigenvalue weighted by atomic mass is 10.3. The molecule has 2 aromatic heterocycles. The standard InChI is InChI=1S/C10H9ClN4O/c1-6-4-7(2-3-12-6)14-10-13-5-8(11)9(16)15-10/h2-5H,1H3,(H2,12,13,14,15,16). The van der Waals surface area contributed by atoms with Gasteiger partial charge in [0.15, 0.2) is 0 Å². The second-order valence-corrected chi connectivity index (χ2v) is 3.58. The van der Waals surface area contributed by atoms with Crippen LogP contribution in [0.4, 0.5) is 11.6 Å². The zero-order valence-corrected chi connectivity index (χ0v) is 9.23. The quantitative estimate of drug-likeness (QED) is 0.837. The number of aromatic hydroxyl groups is 1. The van der Waals surface area contributed by atoms with Gasteiger partial charge in [-0.25, -0.2) is 4.98 Å². The predicted molar refractivity (Wildman–Crippen MR) is 61.0 cm³/mol. The molecule has 0 atom stereocenters. The van der Waals surface area contributed by atoms with E-state index in [-0.39, 0.29) is 16.9 Å². The van der Waals surface area contributed by atoms with Gasteiger partial charge in [-0.1, -0.05) is 11.6 Å². The molecule has 0 aliphatic carbocycles. The van der Waals surface area contributed by atoms with Gasteiger partial charge in [0, 0.05) is 17.6 Å². The van der Waals surface area contributed by atoms with E-state index in [1.54, 1.807) is 12.3 Å². The highest BCUT2D eigenvalue weighted by Crippen LogP contribution is 2.21. The van der Waals surface area contributed by atoms with Gasteiger partial charge in [0.2, 0.25) is 11.8 Å². The summed E-state index contributed by atoms with van der Waals surface area (Å²) >= 11 is 5.60. The molecule has 5 nitrogen and oxygen atoms in total. The van der Waals surface area contributed by atoms with Crippen LogP contribution in [0.25, 0.3) is 0 Å². The van der Waals surface area contributed by atoms with Crippen molar-refractivity contribution in [3.63, 3.8) is 0 Å². The van der Waals surface area contributed by atoms with Crippen molar-refractivity contribution in [1.82, 2.24) is 15.0 Å². The van der Waals surface area contributed by atoms with E-state index in [4.69, 9.17) is 11.6 Å². The fourth-order valence-corrected chi connectivity index (χ4v) is 1.26. The van der Waals surface area contributed by atoms with E-state index in [1.807, 2.05) is 13.0 Å². The third-order valence-corrected chi connectivity index (χ3v) is 2.15. The zero-order chi connectivity index (χ0) is 11.5. The van der Waals surface area contributed by atoms with Crippen molar-refractivity contribution in [3.8, 4) is 5.88 Å². The minimum atomic E-state index is -0.245. The molecular weight excluding hydrogens is 228 g/mol. The molecule has 0 fully saturated rings. The van der Waals surface area contributed by atoms with Crippen LogP contribution in [0, 0.1) is 6.92 Å². The Bertz CT molecular complexity index is 518. The molecule has 0 bridgehead atoms. The van der Waals surface area contributed by atoms with Crippen molar-refractivity contribution in [2.75, 3.05) is 5.32 Å². The normalized spacial score (nSPS) is 10.1. The van der Waals surface area contributed by atoms with Crippen LogP contribution in [0.3, 0.4) is 0 Å². The Hall–Kier alpha value is -1.88. The molecular formula is C10H9ClN4O. The number of nitrogens with zero attached hydrogens (tertiary/aromatic N) is 3. The smallest absolute Gasteiger partial charge is 0.235 e. The van der Waals surface area contributed by atoms with Gasteiger partial charge in [0.1, 0.15) is 5.02 Å². The first kappa shape index (κ1) is 10.6. The van der Waals surface area contributed by atoms with Crippen LogP contribution in [-0.2, 0) is 0 Å². The Morgan fingerprint density at radius 3 is 2.88 bits per heavy atom. The predicted octanol–water partition coefficient (Wildman–Crippen LogP) is 2.28. The summed E-state index contributed by atoms with van der Waals surface area (Å²) < 4.78 is 0. The fourth-order valence-electron chi connectivity index (χ4n) is 1.17. The van der Waals surface area contributed by atoms with Gasteiger partial charge >= 0.3 is 0 Å². The Kier molecular flexibility index (Phi) is 2.87. The van der Waals surface area contributed by atoms with E-state index in [2.05, 4.69) is 20.3 Å². The zero-order valence-electron chi connectivity index (χ0n) is 8.48. The van der Waals surface area contributed by atoms with Crippen molar-refractivity contribution in [1.29, 1.82) is 0 Å². The molecule has 0 aromatic carbocycles. The van der Waals surface area contributed by atoms with Crippen molar-refractivity contribution in [2.45, 2.75) is 6.92 Å². The summed E-state index contributed by atoms with van der Waals surface area (Å²) in [4.78, 5) is 11.8. The number of pyridine rings is 1. The molecule has 2 rings (SSSR count). The Morgan fingerprint density at radius 2 is 2.19 bits per heavy atom. The second-order valence-electron chi connectivity index (χ2n) is 3.18. The number of rotatable bonds is 2. The first-order chi connectivity index (χ1) is 7.65. The molecule has 2 aromatic rings. The average molecular weight is 237 g/mol. The Morgan fingerprint density at radius 1 is 1.38 bits per heavy atom. The first-order valence-electron chi connectivity index (χ1n) is 4.56. The van der Waals surface area contributed by atoms with Crippen LogP contribution < -0.4 is 5.32 Å². The molecule has 0 saturated heterocycles. The molecule has 6 heteroatoms. The lowest BCUT2D eigenvalue weighted by molar-refractivity contribution is 0.453. The molecule has 0 aliphatic rings. The monoisotopic (exact) mass is 236 g/mol. The van der Waals surface area contributed by atoms with Crippen molar-refractivity contribution in [3.05, 3.63) is 35.2 Å². The van der Waals surface area contributed by atoms with Crippen LogP contribution in [0.15, 0.2) is 24.5 Å². The van der Waals surface area contributed by atoms with Gasteiger partial charge in [-0.05, 0) is 19.1 Å². The largest absolute Gasteiger partial charge is 0.492 e. The molecule has 2 N–H and O–H groups in total. The van der Waals surface area contributed by atoms with E-state index in [9.17, 15) is 5.11 Å². The van der Waals surface area contributed by atoms with Gasteiger partial charge in [0.05, 0.1) is 6.20 Å². The number of hydrogen-bond donors (Lipinski definition) is 2. The number of halogens is 1. The third kappa shape index (κ3) is 2.38. The van der Waals surface area contributed by atoms with Gasteiger partial charge in [-0.15, -0.1) is 0 Å². The maximum absolute atomic E-state index is 9.30. The van der Waals surface area contributed by atoms with Crippen molar-refractivity contribution in [2.24, 2.45) is 0 Å². The Labute approximate surface area is 97.2 Å². The number of anilines is 2. The first-order valence-corrected chi connectivity index (χ1v) is 4.94. The summed E-state index contributed by atoms with van der Waals surface area (Å²) in [6.07, 6.45) is 3.01. The molecule has 0 saturated carbocycles. The second kappa shape index (κ2) is 4.32. The topological polar surface area (TPSA) is 70.9 Å². The van der Waals surface area contributed by atoms with Crippen molar-refractivity contribution >= 4 is 23.2 Å². The molecule has 0 spiro atoms. The maximum atomic E-state index is 9.30. The van der Waals surface area contributed by atoms with E-state index >= 15 is 0 Å². The Balaban J connectivity index is 2.24. The van der Waals surface area contributed by atoms with Crippen LogP contribution in [0.2, 0.25) is 5.02 Å². The summed E-state index contributed by atoms with van der Waals surface area (Å²) in [6.45, 7) is 1.88. The highest BCUT2D eigenvalue weighted by Gasteiger charge is 2.03. The molecule has 0 amide bonds.